The average molecular weight is 430 g/mol. The number of carboxylic acids is 1. The molecule has 0 bridgehead atoms. The van der Waals surface area contributed by atoms with Gasteiger partial charge < -0.3 is 10.8 Å². The van der Waals surface area contributed by atoms with E-state index in [1.165, 1.54) is 4.88 Å². The number of rotatable bonds is 6. The van der Waals surface area contributed by atoms with Crippen molar-refractivity contribution in [1.29, 1.82) is 0 Å². The number of hydrogen-bond acceptors (Lipinski definition) is 6. The molecule has 3 N–H and O–H groups in total. The number of aryl methyl sites for hydroxylation is 1. The predicted molar refractivity (Wildman–Crippen MR) is 113 cm³/mol. The maximum atomic E-state index is 11.0. The Morgan fingerprint density at radius 1 is 1.34 bits per heavy atom. The molecule has 0 unspecified atom stereocenters. The van der Waals surface area contributed by atoms with E-state index in [4.69, 9.17) is 27.4 Å². The Kier molecular flexibility index (Phi) is 5.49. The van der Waals surface area contributed by atoms with E-state index in [1.807, 2.05) is 28.8 Å². The van der Waals surface area contributed by atoms with Crippen molar-refractivity contribution >= 4 is 34.6 Å². The molecule has 1 aromatic carbocycles. The molecule has 1 aliphatic heterocycles. The van der Waals surface area contributed by atoms with Crippen molar-refractivity contribution in [3.05, 3.63) is 63.0 Å². The molecular weight excluding hydrogens is 410 g/mol. The molecule has 0 saturated heterocycles. The first-order valence-corrected chi connectivity index (χ1v) is 10.5. The van der Waals surface area contributed by atoms with Gasteiger partial charge in [-0.3, -0.25) is 14.4 Å². The van der Waals surface area contributed by atoms with E-state index in [0.717, 1.165) is 28.3 Å². The molecule has 0 aliphatic carbocycles. The smallest absolute Gasteiger partial charge is 0.303 e. The number of aliphatic imine (C=N–C) groups is 1. The Morgan fingerprint density at radius 2 is 2.14 bits per heavy atom. The molecule has 2 aromatic heterocycles. The van der Waals surface area contributed by atoms with Crippen LogP contribution in [0.5, 0.6) is 0 Å². The number of nitrogens with two attached hydrogens (primary N) is 1. The highest BCUT2D eigenvalue weighted by Gasteiger charge is 2.28. The molecule has 3 heterocycles. The van der Waals surface area contributed by atoms with Crippen molar-refractivity contribution in [3.8, 4) is 5.00 Å². The topological polar surface area (TPSA) is 106 Å². The fourth-order valence-electron chi connectivity index (χ4n) is 3.36. The van der Waals surface area contributed by atoms with E-state index >= 15 is 0 Å². The highest BCUT2D eigenvalue weighted by Crippen LogP contribution is 2.35. The van der Waals surface area contributed by atoms with Crippen molar-refractivity contribution in [3.63, 3.8) is 0 Å². The van der Waals surface area contributed by atoms with Crippen molar-refractivity contribution in [2.24, 2.45) is 10.7 Å². The highest BCUT2D eigenvalue weighted by atomic mass is 35.5. The summed E-state index contributed by atoms with van der Waals surface area (Å²) in [6.07, 6.45) is 1.14. The number of halogens is 1. The molecule has 1 atom stereocenters. The lowest BCUT2D eigenvalue weighted by molar-refractivity contribution is -0.137. The van der Waals surface area contributed by atoms with E-state index in [2.05, 4.69) is 23.2 Å². The van der Waals surface area contributed by atoms with Crippen LogP contribution in [0.4, 0.5) is 0 Å². The number of carboxylic acid groups (broad SMARTS) is 1. The molecule has 0 spiro atoms. The van der Waals surface area contributed by atoms with Crippen LogP contribution in [0.3, 0.4) is 0 Å². The van der Waals surface area contributed by atoms with E-state index in [0.29, 0.717) is 23.2 Å². The molecule has 9 heteroatoms. The molecule has 0 radical (unpaired) electrons. The van der Waals surface area contributed by atoms with Crippen LogP contribution in [-0.2, 0) is 17.8 Å². The molecule has 4 rings (SSSR count). The molecule has 0 saturated carbocycles. The largest absolute Gasteiger partial charge is 0.481 e. The molecule has 0 fully saturated rings. The Labute approximate surface area is 176 Å². The van der Waals surface area contributed by atoms with Crippen LogP contribution in [0.25, 0.3) is 5.00 Å². The number of aliphatic carboxylic acids is 1. The third-order valence-electron chi connectivity index (χ3n) is 4.83. The van der Waals surface area contributed by atoms with Crippen molar-refractivity contribution in [1.82, 2.24) is 14.8 Å². The van der Waals surface area contributed by atoms with Crippen LogP contribution in [0.2, 0.25) is 5.02 Å². The zero-order chi connectivity index (χ0) is 20.5. The zero-order valence-electron chi connectivity index (χ0n) is 15.8. The third-order valence-corrected chi connectivity index (χ3v) is 6.43. The summed E-state index contributed by atoms with van der Waals surface area (Å²) in [4.78, 5) is 17.0. The lowest BCUT2D eigenvalue weighted by Gasteiger charge is -2.13. The van der Waals surface area contributed by atoms with E-state index in [-0.39, 0.29) is 12.8 Å². The Bertz CT molecular complexity index is 1100. The summed E-state index contributed by atoms with van der Waals surface area (Å²) >= 11 is 8.11. The number of aromatic nitrogens is 3. The maximum absolute atomic E-state index is 11.0. The minimum atomic E-state index is -0.884. The van der Waals surface area contributed by atoms with Crippen LogP contribution < -0.4 is 5.73 Å². The van der Waals surface area contributed by atoms with Crippen LogP contribution in [0.15, 0.2) is 35.3 Å². The molecule has 0 amide bonds. The summed E-state index contributed by atoms with van der Waals surface area (Å²) in [5, 5.41) is 19.2. The Hall–Kier alpha value is -2.55. The first kappa shape index (κ1) is 19.8. The fourth-order valence-corrected chi connectivity index (χ4v) is 4.71. The van der Waals surface area contributed by atoms with Gasteiger partial charge in [0.15, 0.2) is 11.6 Å². The van der Waals surface area contributed by atoms with Crippen molar-refractivity contribution in [2.45, 2.75) is 38.8 Å². The number of carbonyl (C=O) groups is 1. The summed E-state index contributed by atoms with van der Waals surface area (Å²) in [6.45, 7) is 2.44. The molecular formula is C20H20ClN5O2S. The number of nitrogens with zero attached hydrogens (tertiary/aromatic N) is 4. The summed E-state index contributed by atoms with van der Waals surface area (Å²) < 4.78 is 1.94. The minimum absolute atomic E-state index is 0.0256. The number of fused-ring (bicyclic) bond motifs is 3. The van der Waals surface area contributed by atoms with Gasteiger partial charge in [-0.2, -0.15) is 0 Å². The van der Waals surface area contributed by atoms with Crippen LogP contribution in [0.1, 0.15) is 53.5 Å². The Balaban J connectivity index is 1.85. The quantitative estimate of drug-likeness (QED) is 0.620. The zero-order valence-corrected chi connectivity index (χ0v) is 17.4. The van der Waals surface area contributed by atoms with Gasteiger partial charge in [0.2, 0.25) is 0 Å². The average Bonchev–Trinajstić information content (AvgIpc) is 3.28. The molecule has 150 valence electrons. The van der Waals surface area contributed by atoms with Gasteiger partial charge in [-0.1, -0.05) is 36.7 Å². The molecule has 1 aliphatic rings. The number of thiophene rings is 1. The second-order valence-corrected chi connectivity index (χ2v) is 8.30. The van der Waals surface area contributed by atoms with Gasteiger partial charge in [0, 0.05) is 27.4 Å². The number of benzene rings is 1. The lowest BCUT2D eigenvalue weighted by Crippen LogP contribution is -2.18. The first-order valence-electron chi connectivity index (χ1n) is 9.34. The monoisotopic (exact) mass is 429 g/mol. The lowest BCUT2D eigenvalue weighted by atomic mass is 10.0. The van der Waals surface area contributed by atoms with Gasteiger partial charge in [-0.15, -0.1) is 21.5 Å². The number of hydrogen-bond donors (Lipinski definition) is 2. The first-order chi connectivity index (χ1) is 14.0. The van der Waals surface area contributed by atoms with Crippen LogP contribution in [-0.4, -0.2) is 31.6 Å². The van der Waals surface area contributed by atoms with E-state index in [9.17, 15) is 4.79 Å². The van der Waals surface area contributed by atoms with Gasteiger partial charge in [-0.25, -0.2) is 0 Å². The van der Waals surface area contributed by atoms with Gasteiger partial charge in [0.1, 0.15) is 11.5 Å². The Morgan fingerprint density at radius 3 is 2.86 bits per heavy atom. The standard InChI is InChI=1S/C20H20ClN5O2S/c1-2-11-9-13-18(12-5-3-4-6-14(12)21)23-10-16-24-25-19(26(16)20(13)29-11)15(22)7-8-17(27)28/h3-6,9,15H,2,7-8,10,22H2,1H3,(H,27,28)/t15-/m1/s1. The summed E-state index contributed by atoms with van der Waals surface area (Å²) in [5.74, 6) is 0.353. The van der Waals surface area contributed by atoms with Crippen molar-refractivity contribution in [2.75, 3.05) is 0 Å². The SMILES string of the molecule is CCc1cc2c(s1)-n1c(nnc1[C@H](N)CCC(=O)O)CN=C2c1ccccc1Cl. The molecule has 7 nitrogen and oxygen atoms in total. The van der Waals surface area contributed by atoms with Gasteiger partial charge >= 0.3 is 5.97 Å². The summed E-state index contributed by atoms with van der Waals surface area (Å²) in [6, 6.07) is 9.24. The third kappa shape index (κ3) is 3.71. The second-order valence-electron chi connectivity index (χ2n) is 6.78. The normalized spacial score (nSPS) is 14.0. The van der Waals surface area contributed by atoms with Gasteiger partial charge in [0.25, 0.3) is 0 Å². The fraction of sp³-hybridized carbons (Fsp3) is 0.300. The highest BCUT2D eigenvalue weighted by molar-refractivity contribution is 7.15. The van der Waals surface area contributed by atoms with E-state index < -0.39 is 12.0 Å². The minimum Gasteiger partial charge on any atom is -0.481 e. The maximum Gasteiger partial charge on any atom is 0.303 e. The van der Waals surface area contributed by atoms with Crippen LogP contribution in [0, 0.1) is 0 Å². The van der Waals surface area contributed by atoms with Crippen LogP contribution >= 0.6 is 22.9 Å². The summed E-state index contributed by atoms with van der Waals surface area (Å²) in [7, 11) is 0. The predicted octanol–water partition coefficient (Wildman–Crippen LogP) is 3.76. The second kappa shape index (κ2) is 8.06. The molecule has 3 aromatic rings. The van der Waals surface area contributed by atoms with Crippen molar-refractivity contribution < 1.29 is 9.90 Å². The summed E-state index contributed by atoms with van der Waals surface area (Å²) in [5.41, 5.74) is 8.94. The molecule has 29 heavy (non-hydrogen) atoms. The van der Waals surface area contributed by atoms with Gasteiger partial charge in [0.05, 0.1) is 11.8 Å². The van der Waals surface area contributed by atoms with Gasteiger partial charge in [-0.05, 0) is 25.0 Å². The van der Waals surface area contributed by atoms with E-state index in [1.54, 1.807) is 11.3 Å².